The molecule has 0 bridgehead atoms. The number of rotatable bonds is 1. The summed E-state index contributed by atoms with van der Waals surface area (Å²) in [4.78, 5) is 24.9. The van der Waals surface area contributed by atoms with E-state index in [1.165, 1.54) is 10.7 Å². The summed E-state index contributed by atoms with van der Waals surface area (Å²) in [6.07, 6.45) is 2.74. The molecule has 1 aromatic heterocycles. The summed E-state index contributed by atoms with van der Waals surface area (Å²) in [5, 5.41) is 2.89. The van der Waals surface area contributed by atoms with Gasteiger partial charge in [0.1, 0.15) is 0 Å². The van der Waals surface area contributed by atoms with Gasteiger partial charge in [-0.15, -0.1) is 0 Å². The maximum Gasteiger partial charge on any atom is 0.252 e. The number of hydrazine groups is 1. The Morgan fingerprint density at radius 2 is 1.95 bits per heavy atom. The van der Waals surface area contributed by atoms with E-state index in [-0.39, 0.29) is 23.7 Å². The topological polar surface area (TPSA) is 45.6 Å². The third-order valence-electron chi connectivity index (χ3n) is 4.37. The summed E-state index contributed by atoms with van der Waals surface area (Å²) in [6.45, 7) is 2.13. The smallest absolute Gasteiger partial charge is 0.252 e. The lowest BCUT2D eigenvalue weighted by molar-refractivity contribution is -0.154. The monoisotopic (exact) mass is 261 g/mol. The van der Waals surface area contributed by atoms with Gasteiger partial charge in [-0.2, -0.15) is 0 Å². The number of nitrogens with zero attached hydrogens (tertiary/aromatic N) is 3. The summed E-state index contributed by atoms with van der Waals surface area (Å²) in [7, 11) is 5.48. The van der Waals surface area contributed by atoms with Gasteiger partial charge in [0.25, 0.3) is 5.91 Å². The molecule has 102 valence electrons. The molecule has 2 aliphatic rings. The molecule has 0 aromatic carbocycles. The fourth-order valence-corrected chi connectivity index (χ4v) is 3.64. The van der Waals surface area contributed by atoms with E-state index in [9.17, 15) is 9.59 Å². The minimum absolute atomic E-state index is 0.0543. The molecular weight excluding hydrogens is 242 g/mol. The number of amides is 2. The van der Waals surface area contributed by atoms with E-state index in [1.54, 1.807) is 19.1 Å². The lowest BCUT2D eigenvalue weighted by atomic mass is 9.75. The fraction of sp³-hybridized carbons (Fsp3) is 0.571. The van der Waals surface area contributed by atoms with Crippen LogP contribution in [0.3, 0.4) is 0 Å². The molecule has 5 nitrogen and oxygen atoms in total. The predicted molar refractivity (Wildman–Crippen MR) is 70.2 cm³/mol. The van der Waals surface area contributed by atoms with Crippen LogP contribution >= 0.6 is 0 Å². The number of hydrogen-bond donors (Lipinski definition) is 0. The Morgan fingerprint density at radius 3 is 2.58 bits per heavy atom. The van der Waals surface area contributed by atoms with Crippen molar-refractivity contribution in [3.05, 3.63) is 23.5 Å². The number of carbonyl (C=O) groups is 2. The van der Waals surface area contributed by atoms with Gasteiger partial charge in [0.2, 0.25) is 5.91 Å². The van der Waals surface area contributed by atoms with Crippen LogP contribution in [0.5, 0.6) is 0 Å². The predicted octanol–water partition coefficient (Wildman–Crippen LogP) is 1.08. The second kappa shape index (κ2) is 3.93. The molecule has 19 heavy (non-hydrogen) atoms. The van der Waals surface area contributed by atoms with Crippen molar-refractivity contribution < 1.29 is 9.59 Å². The van der Waals surface area contributed by atoms with Crippen LogP contribution in [0.4, 0.5) is 0 Å². The van der Waals surface area contributed by atoms with Gasteiger partial charge >= 0.3 is 0 Å². The molecule has 1 aliphatic heterocycles. The van der Waals surface area contributed by atoms with Crippen molar-refractivity contribution in [2.75, 3.05) is 14.1 Å². The van der Waals surface area contributed by atoms with E-state index in [0.29, 0.717) is 5.92 Å². The zero-order chi connectivity index (χ0) is 13.9. The Labute approximate surface area is 112 Å². The highest BCUT2D eigenvalue weighted by molar-refractivity contribution is 6.07. The van der Waals surface area contributed by atoms with Gasteiger partial charge in [-0.25, -0.2) is 10.0 Å². The Bertz CT molecular complexity index is 561. The number of aryl methyl sites for hydroxylation is 1. The van der Waals surface area contributed by atoms with E-state index in [2.05, 4.69) is 11.5 Å². The molecule has 5 heteroatoms. The lowest BCUT2D eigenvalue weighted by Gasteiger charge is -2.28. The molecule has 0 N–H and O–H groups in total. The third kappa shape index (κ3) is 1.51. The van der Waals surface area contributed by atoms with Crippen molar-refractivity contribution in [2.24, 2.45) is 13.0 Å². The number of carbonyl (C=O) groups excluding carboxylic acids is 2. The Hall–Kier alpha value is -1.62. The molecule has 0 unspecified atom stereocenters. The molecular formula is C14H19N3O2. The summed E-state index contributed by atoms with van der Waals surface area (Å²) in [5.41, 5.74) is 2.23. The van der Waals surface area contributed by atoms with Crippen LogP contribution < -0.4 is 0 Å². The number of aromatic nitrogens is 1. The van der Waals surface area contributed by atoms with E-state index in [1.807, 2.05) is 19.3 Å². The van der Waals surface area contributed by atoms with Gasteiger partial charge in [0.05, 0.1) is 11.8 Å². The van der Waals surface area contributed by atoms with Crippen LogP contribution in [0.2, 0.25) is 0 Å². The van der Waals surface area contributed by atoms with Crippen LogP contribution in [0.15, 0.2) is 12.3 Å². The van der Waals surface area contributed by atoms with E-state index < -0.39 is 0 Å². The molecule has 2 amide bonds. The van der Waals surface area contributed by atoms with Gasteiger partial charge in [-0.05, 0) is 24.0 Å². The van der Waals surface area contributed by atoms with Crippen molar-refractivity contribution in [3.63, 3.8) is 0 Å². The van der Waals surface area contributed by atoms with Crippen molar-refractivity contribution in [1.29, 1.82) is 0 Å². The summed E-state index contributed by atoms with van der Waals surface area (Å²) >= 11 is 0. The number of hydrogen-bond acceptors (Lipinski definition) is 3. The third-order valence-corrected chi connectivity index (χ3v) is 4.37. The van der Waals surface area contributed by atoms with Crippen molar-refractivity contribution in [1.82, 2.24) is 14.6 Å². The molecule has 1 fully saturated rings. The molecule has 1 aromatic rings. The normalized spacial score (nSPS) is 29.9. The molecule has 0 spiro atoms. The quantitative estimate of drug-likeness (QED) is 0.711. The first kappa shape index (κ1) is 12.4. The summed E-state index contributed by atoms with van der Waals surface area (Å²) in [6, 6.07) is 1.99. The van der Waals surface area contributed by atoms with Crippen molar-refractivity contribution in [2.45, 2.75) is 25.2 Å². The average Bonchev–Trinajstić information content (AvgIpc) is 2.80. The minimum Gasteiger partial charge on any atom is -0.354 e. The van der Waals surface area contributed by atoms with Crippen LogP contribution in [-0.2, 0) is 16.6 Å². The molecule has 0 radical (unpaired) electrons. The van der Waals surface area contributed by atoms with Gasteiger partial charge in [-0.3, -0.25) is 9.59 Å². The van der Waals surface area contributed by atoms with Crippen molar-refractivity contribution >= 4 is 11.8 Å². The second-order valence-corrected chi connectivity index (χ2v) is 5.82. The second-order valence-electron chi connectivity index (χ2n) is 5.82. The first-order valence-corrected chi connectivity index (χ1v) is 6.63. The van der Waals surface area contributed by atoms with Crippen LogP contribution in [-0.4, -0.2) is 40.5 Å². The zero-order valence-corrected chi connectivity index (χ0v) is 11.8. The van der Waals surface area contributed by atoms with Crippen LogP contribution in [0, 0.1) is 5.92 Å². The first-order chi connectivity index (χ1) is 8.93. The maximum atomic E-state index is 12.5. The van der Waals surface area contributed by atoms with Crippen LogP contribution in [0.1, 0.15) is 36.4 Å². The highest BCUT2D eigenvalue weighted by atomic mass is 16.2. The van der Waals surface area contributed by atoms with Gasteiger partial charge in [-0.1, -0.05) is 6.92 Å². The number of imide groups is 1. The average molecular weight is 261 g/mol. The lowest BCUT2D eigenvalue weighted by Crippen LogP contribution is -2.42. The molecule has 1 saturated heterocycles. The largest absolute Gasteiger partial charge is 0.354 e. The molecule has 1 aliphatic carbocycles. The summed E-state index contributed by atoms with van der Waals surface area (Å²) in [5.74, 6) is -0.307. The molecule has 3 atom stereocenters. The fourth-order valence-electron chi connectivity index (χ4n) is 3.64. The number of fused-ring (bicyclic) bond motifs is 3. The SMILES string of the molecule is C[C@@H]1C[C@@H]2C(=O)N(N(C)C)C(=O)[C@@H]2c2ccn(C)c21. The Kier molecular flexibility index (Phi) is 2.57. The first-order valence-electron chi connectivity index (χ1n) is 6.63. The van der Waals surface area contributed by atoms with Gasteiger partial charge < -0.3 is 4.57 Å². The molecule has 3 rings (SSSR count). The van der Waals surface area contributed by atoms with E-state index >= 15 is 0 Å². The highest BCUT2D eigenvalue weighted by Gasteiger charge is 2.53. The standard InChI is InChI=1S/C14H19N3O2/c1-8-7-10-11(9-5-6-16(4)12(8)9)14(19)17(13(10)18)15(2)3/h5-6,8,10-11H,7H2,1-4H3/t8-,10+,11-/m1/s1. The molecule has 0 saturated carbocycles. The van der Waals surface area contributed by atoms with Gasteiger partial charge in [0, 0.05) is 33.0 Å². The maximum absolute atomic E-state index is 12.5. The summed E-state index contributed by atoms with van der Waals surface area (Å²) < 4.78 is 2.08. The molecule has 2 heterocycles. The van der Waals surface area contributed by atoms with Gasteiger partial charge in [0.15, 0.2) is 0 Å². The zero-order valence-electron chi connectivity index (χ0n) is 11.8. The van der Waals surface area contributed by atoms with E-state index in [4.69, 9.17) is 0 Å². The van der Waals surface area contributed by atoms with Crippen LogP contribution in [0.25, 0.3) is 0 Å². The Balaban J connectivity index is 2.11. The minimum atomic E-state index is -0.290. The highest BCUT2D eigenvalue weighted by Crippen LogP contribution is 2.47. The van der Waals surface area contributed by atoms with E-state index in [0.717, 1.165) is 12.0 Å². The van der Waals surface area contributed by atoms with Crippen molar-refractivity contribution in [3.8, 4) is 0 Å². The Morgan fingerprint density at radius 1 is 1.26 bits per heavy atom.